The lowest BCUT2D eigenvalue weighted by atomic mass is 10.2. The summed E-state index contributed by atoms with van der Waals surface area (Å²) in [7, 11) is 1.79. The van der Waals surface area contributed by atoms with E-state index in [1.165, 1.54) is 12.1 Å². The molecule has 1 aromatic heterocycles. The number of aromatic nitrogens is 2. The van der Waals surface area contributed by atoms with E-state index in [0.717, 1.165) is 17.1 Å². The SMILES string of the molecule is CNc1nc(C)nc(Nc2ccc(OC(F)F)cc2)c1C. The van der Waals surface area contributed by atoms with Crippen molar-refractivity contribution in [3.63, 3.8) is 0 Å². The van der Waals surface area contributed by atoms with Crippen LogP contribution in [0.25, 0.3) is 0 Å². The Kier molecular flexibility index (Phi) is 4.52. The van der Waals surface area contributed by atoms with Crippen molar-refractivity contribution in [2.75, 3.05) is 17.7 Å². The van der Waals surface area contributed by atoms with E-state index in [0.29, 0.717) is 11.6 Å². The molecule has 7 heteroatoms. The summed E-state index contributed by atoms with van der Waals surface area (Å²) >= 11 is 0. The minimum Gasteiger partial charge on any atom is -0.435 e. The van der Waals surface area contributed by atoms with E-state index >= 15 is 0 Å². The first-order valence-electron chi connectivity index (χ1n) is 6.34. The van der Waals surface area contributed by atoms with Crippen LogP contribution in [0.3, 0.4) is 0 Å². The van der Waals surface area contributed by atoms with E-state index in [1.54, 1.807) is 26.1 Å². The van der Waals surface area contributed by atoms with Gasteiger partial charge in [0.15, 0.2) is 0 Å². The summed E-state index contributed by atoms with van der Waals surface area (Å²) < 4.78 is 28.5. The molecule has 0 bridgehead atoms. The highest BCUT2D eigenvalue weighted by Crippen LogP contribution is 2.25. The molecule has 0 spiro atoms. The topological polar surface area (TPSA) is 59.1 Å². The molecule has 0 radical (unpaired) electrons. The number of rotatable bonds is 5. The molecule has 21 heavy (non-hydrogen) atoms. The van der Waals surface area contributed by atoms with Crippen molar-refractivity contribution >= 4 is 17.3 Å². The molecule has 0 fully saturated rings. The first-order chi connectivity index (χ1) is 9.99. The minimum absolute atomic E-state index is 0.113. The molecule has 2 rings (SSSR count). The number of halogens is 2. The average Bonchev–Trinajstić information content (AvgIpc) is 2.44. The third kappa shape index (κ3) is 3.77. The van der Waals surface area contributed by atoms with Gasteiger partial charge in [0.1, 0.15) is 23.2 Å². The Hall–Kier alpha value is -2.44. The largest absolute Gasteiger partial charge is 0.435 e. The maximum Gasteiger partial charge on any atom is 0.387 e. The highest BCUT2D eigenvalue weighted by Gasteiger charge is 2.09. The highest BCUT2D eigenvalue weighted by atomic mass is 19.3. The summed E-state index contributed by atoms with van der Waals surface area (Å²) in [6, 6.07) is 6.23. The van der Waals surface area contributed by atoms with Crippen molar-refractivity contribution in [2.45, 2.75) is 20.5 Å². The summed E-state index contributed by atoms with van der Waals surface area (Å²) in [4.78, 5) is 8.61. The molecule has 0 aliphatic rings. The van der Waals surface area contributed by atoms with Crippen molar-refractivity contribution in [3.05, 3.63) is 35.7 Å². The Morgan fingerprint density at radius 3 is 2.24 bits per heavy atom. The summed E-state index contributed by atoms with van der Waals surface area (Å²) in [6.45, 7) is 0.862. The first kappa shape index (κ1) is 15.0. The molecule has 0 aliphatic heterocycles. The first-order valence-corrected chi connectivity index (χ1v) is 6.34. The molecule has 1 heterocycles. The third-order valence-electron chi connectivity index (χ3n) is 2.84. The van der Waals surface area contributed by atoms with Gasteiger partial charge in [0.05, 0.1) is 0 Å². The smallest absolute Gasteiger partial charge is 0.387 e. The van der Waals surface area contributed by atoms with Crippen LogP contribution in [0.15, 0.2) is 24.3 Å². The molecular weight excluding hydrogens is 278 g/mol. The number of nitrogens with one attached hydrogen (secondary N) is 2. The van der Waals surface area contributed by atoms with Gasteiger partial charge in [-0.1, -0.05) is 0 Å². The van der Waals surface area contributed by atoms with Gasteiger partial charge in [-0.2, -0.15) is 8.78 Å². The predicted octanol–water partition coefficient (Wildman–Crippen LogP) is 3.48. The molecule has 2 N–H and O–H groups in total. The minimum atomic E-state index is -2.83. The van der Waals surface area contributed by atoms with Crippen LogP contribution in [0.4, 0.5) is 26.1 Å². The fourth-order valence-corrected chi connectivity index (χ4v) is 1.85. The van der Waals surface area contributed by atoms with Gasteiger partial charge < -0.3 is 15.4 Å². The molecule has 0 atom stereocenters. The number of hydrogen-bond donors (Lipinski definition) is 2. The quantitative estimate of drug-likeness (QED) is 0.884. The van der Waals surface area contributed by atoms with Gasteiger partial charge in [-0.25, -0.2) is 9.97 Å². The molecule has 0 saturated carbocycles. The third-order valence-corrected chi connectivity index (χ3v) is 2.84. The zero-order valence-corrected chi connectivity index (χ0v) is 11.9. The number of alkyl halides is 2. The van der Waals surface area contributed by atoms with Crippen LogP contribution >= 0.6 is 0 Å². The zero-order valence-electron chi connectivity index (χ0n) is 11.9. The van der Waals surface area contributed by atoms with E-state index in [1.807, 2.05) is 6.92 Å². The number of nitrogens with zero attached hydrogens (tertiary/aromatic N) is 2. The molecule has 5 nitrogen and oxygen atoms in total. The Labute approximate surface area is 121 Å². The van der Waals surface area contributed by atoms with Gasteiger partial charge in [0, 0.05) is 18.3 Å². The molecule has 0 amide bonds. The van der Waals surface area contributed by atoms with Crippen molar-refractivity contribution < 1.29 is 13.5 Å². The van der Waals surface area contributed by atoms with E-state index in [-0.39, 0.29) is 5.75 Å². The summed E-state index contributed by atoms with van der Waals surface area (Å²) in [6.07, 6.45) is 0. The lowest BCUT2D eigenvalue weighted by Gasteiger charge is -2.13. The Bertz CT molecular complexity index is 617. The molecule has 112 valence electrons. The van der Waals surface area contributed by atoms with Crippen molar-refractivity contribution in [1.82, 2.24) is 9.97 Å². The number of benzene rings is 1. The zero-order chi connectivity index (χ0) is 15.4. The molecule has 0 unspecified atom stereocenters. The number of anilines is 3. The number of hydrogen-bond acceptors (Lipinski definition) is 5. The van der Waals surface area contributed by atoms with E-state index in [9.17, 15) is 8.78 Å². The van der Waals surface area contributed by atoms with Crippen LogP contribution in [0.2, 0.25) is 0 Å². The van der Waals surface area contributed by atoms with Gasteiger partial charge in [0.25, 0.3) is 0 Å². The summed E-state index contributed by atoms with van der Waals surface area (Å²) in [5.74, 6) is 2.14. The maximum absolute atomic E-state index is 12.1. The normalized spacial score (nSPS) is 10.6. The lowest BCUT2D eigenvalue weighted by molar-refractivity contribution is -0.0498. The Morgan fingerprint density at radius 1 is 1.05 bits per heavy atom. The van der Waals surface area contributed by atoms with E-state index in [4.69, 9.17) is 0 Å². The van der Waals surface area contributed by atoms with Crippen LogP contribution in [0.5, 0.6) is 5.75 Å². The van der Waals surface area contributed by atoms with Crippen molar-refractivity contribution in [3.8, 4) is 5.75 Å². The van der Waals surface area contributed by atoms with Gasteiger partial charge in [-0.05, 0) is 38.1 Å². The predicted molar refractivity (Wildman–Crippen MR) is 77.4 cm³/mol. The summed E-state index contributed by atoms with van der Waals surface area (Å²) in [5.41, 5.74) is 1.59. The van der Waals surface area contributed by atoms with Crippen LogP contribution in [-0.4, -0.2) is 23.6 Å². The average molecular weight is 294 g/mol. The second-order valence-electron chi connectivity index (χ2n) is 4.37. The standard InChI is InChI=1S/C14H16F2N4O/c1-8-12(17-3)18-9(2)19-13(8)20-10-4-6-11(7-5-10)21-14(15)16/h4-7,14H,1-3H3,(H2,17,18,19,20). The van der Waals surface area contributed by atoms with Gasteiger partial charge in [0.2, 0.25) is 0 Å². The van der Waals surface area contributed by atoms with Gasteiger partial charge in [-0.3, -0.25) is 0 Å². The fraction of sp³-hybridized carbons (Fsp3) is 0.286. The van der Waals surface area contributed by atoms with Crippen LogP contribution in [-0.2, 0) is 0 Å². The van der Waals surface area contributed by atoms with Gasteiger partial charge >= 0.3 is 6.61 Å². The van der Waals surface area contributed by atoms with Crippen LogP contribution in [0, 0.1) is 13.8 Å². The monoisotopic (exact) mass is 294 g/mol. The Morgan fingerprint density at radius 2 is 1.67 bits per heavy atom. The number of aryl methyl sites for hydroxylation is 1. The number of ether oxygens (including phenoxy) is 1. The second-order valence-corrected chi connectivity index (χ2v) is 4.37. The molecule has 1 aromatic carbocycles. The van der Waals surface area contributed by atoms with Crippen LogP contribution < -0.4 is 15.4 Å². The molecule has 0 saturated heterocycles. The lowest BCUT2D eigenvalue weighted by Crippen LogP contribution is -2.05. The van der Waals surface area contributed by atoms with E-state index < -0.39 is 6.61 Å². The molecule has 0 aliphatic carbocycles. The molecular formula is C14H16F2N4O. The van der Waals surface area contributed by atoms with Crippen molar-refractivity contribution in [1.29, 1.82) is 0 Å². The Balaban J connectivity index is 2.20. The summed E-state index contributed by atoms with van der Waals surface area (Å²) in [5, 5.41) is 6.13. The second kappa shape index (κ2) is 6.34. The van der Waals surface area contributed by atoms with Gasteiger partial charge in [-0.15, -0.1) is 0 Å². The van der Waals surface area contributed by atoms with Crippen molar-refractivity contribution in [2.24, 2.45) is 0 Å². The maximum atomic E-state index is 12.1. The van der Waals surface area contributed by atoms with Crippen LogP contribution in [0.1, 0.15) is 11.4 Å². The van der Waals surface area contributed by atoms with E-state index in [2.05, 4.69) is 25.3 Å². The molecule has 2 aromatic rings. The fourth-order valence-electron chi connectivity index (χ4n) is 1.85. The highest BCUT2D eigenvalue weighted by molar-refractivity contribution is 5.65.